The number of likely N-dealkylation sites (tertiary alicyclic amines) is 2. The second kappa shape index (κ2) is 8.18. The van der Waals surface area contributed by atoms with Crippen LogP contribution in [0.15, 0.2) is 29.2 Å². The molecule has 7 nitrogen and oxygen atoms in total. The number of pyridine rings is 1. The van der Waals surface area contributed by atoms with E-state index in [0.29, 0.717) is 32.5 Å². The molecule has 0 aromatic carbocycles. The van der Waals surface area contributed by atoms with Gasteiger partial charge in [-0.2, -0.15) is 0 Å². The number of hydrogen-bond acceptors (Lipinski definition) is 4. The molecule has 2 aliphatic heterocycles. The SMILES string of the molecule is O=C(OCCn1ccccc1=O)C1CCN(C(=O)N2CCCC2)CC1. The molecular formula is C18H25N3O4. The van der Waals surface area contributed by atoms with Gasteiger partial charge in [0.2, 0.25) is 0 Å². The molecule has 0 N–H and O–H groups in total. The molecule has 2 amide bonds. The Hall–Kier alpha value is -2.31. The van der Waals surface area contributed by atoms with Gasteiger partial charge in [-0.25, -0.2) is 4.79 Å². The summed E-state index contributed by atoms with van der Waals surface area (Å²) >= 11 is 0. The van der Waals surface area contributed by atoms with E-state index in [-0.39, 0.29) is 30.1 Å². The van der Waals surface area contributed by atoms with Crippen molar-refractivity contribution in [3.05, 3.63) is 34.7 Å². The Balaban J connectivity index is 1.40. The van der Waals surface area contributed by atoms with Crippen molar-refractivity contribution in [3.8, 4) is 0 Å². The highest BCUT2D eigenvalue weighted by Crippen LogP contribution is 2.21. The predicted molar refractivity (Wildman–Crippen MR) is 92.2 cm³/mol. The Labute approximate surface area is 147 Å². The second-order valence-electron chi connectivity index (χ2n) is 6.64. The molecule has 1 aromatic heterocycles. The highest BCUT2D eigenvalue weighted by atomic mass is 16.5. The topological polar surface area (TPSA) is 71.8 Å². The second-order valence-corrected chi connectivity index (χ2v) is 6.64. The maximum atomic E-state index is 12.3. The van der Waals surface area contributed by atoms with Gasteiger partial charge < -0.3 is 19.1 Å². The van der Waals surface area contributed by atoms with Crippen molar-refractivity contribution in [2.24, 2.45) is 5.92 Å². The number of rotatable bonds is 4. The molecule has 0 bridgehead atoms. The van der Waals surface area contributed by atoms with Crippen LogP contribution in [0, 0.1) is 5.92 Å². The van der Waals surface area contributed by atoms with Gasteiger partial charge in [-0.05, 0) is 31.7 Å². The number of urea groups is 1. The van der Waals surface area contributed by atoms with Crippen molar-refractivity contribution < 1.29 is 14.3 Å². The zero-order valence-corrected chi connectivity index (χ0v) is 14.4. The van der Waals surface area contributed by atoms with Gasteiger partial charge in [-0.1, -0.05) is 6.07 Å². The number of carbonyl (C=O) groups is 2. The number of hydrogen-bond donors (Lipinski definition) is 0. The molecule has 1 aromatic rings. The van der Waals surface area contributed by atoms with E-state index in [2.05, 4.69) is 0 Å². The van der Waals surface area contributed by atoms with Gasteiger partial charge in [0.1, 0.15) is 6.61 Å². The van der Waals surface area contributed by atoms with Crippen LogP contribution in [0.4, 0.5) is 4.79 Å². The summed E-state index contributed by atoms with van der Waals surface area (Å²) in [5.41, 5.74) is -0.104. The van der Waals surface area contributed by atoms with Crippen LogP contribution in [0.2, 0.25) is 0 Å². The average Bonchev–Trinajstić information content (AvgIpc) is 3.17. The van der Waals surface area contributed by atoms with Crippen molar-refractivity contribution in [2.75, 3.05) is 32.8 Å². The van der Waals surface area contributed by atoms with E-state index in [0.717, 1.165) is 25.9 Å². The van der Waals surface area contributed by atoms with Crippen molar-refractivity contribution in [1.82, 2.24) is 14.4 Å². The van der Waals surface area contributed by atoms with Crippen LogP contribution in [-0.2, 0) is 16.1 Å². The van der Waals surface area contributed by atoms with E-state index >= 15 is 0 Å². The molecule has 0 spiro atoms. The van der Waals surface area contributed by atoms with Gasteiger partial charge in [0.15, 0.2) is 0 Å². The summed E-state index contributed by atoms with van der Waals surface area (Å²) in [5, 5.41) is 0. The molecule has 2 fully saturated rings. The first-order valence-electron chi connectivity index (χ1n) is 9.01. The summed E-state index contributed by atoms with van der Waals surface area (Å²) in [5.74, 6) is -0.382. The van der Waals surface area contributed by atoms with E-state index in [1.807, 2.05) is 9.80 Å². The fourth-order valence-corrected chi connectivity index (χ4v) is 3.42. The first-order valence-corrected chi connectivity index (χ1v) is 9.01. The summed E-state index contributed by atoms with van der Waals surface area (Å²) in [6.45, 7) is 3.45. The monoisotopic (exact) mass is 347 g/mol. The number of piperidine rings is 1. The van der Waals surface area contributed by atoms with E-state index in [1.54, 1.807) is 18.3 Å². The molecule has 3 heterocycles. The molecule has 0 saturated carbocycles. The van der Waals surface area contributed by atoms with E-state index in [1.165, 1.54) is 10.6 Å². The Morgan fingerprint density at radius 1 is 1.04 bits per heavy atom. The molecule has 0 atom stereocenters. The third kappa shape index (κ3) is 4.41. The number of esters is 1. The van der Waals surface area contributed by atoms with Gasteiger partial charge in [0.25, 0.3) is 5.56 Å². The van der Waals surface area contributed by atoms with Crippen LogP contribution >= 0.6 is 0 Å². The van der Waals surface area contributed by atoms with E-state index in [9.17, 15) is 14.4 Å². The van der Waals surface area contributed by atoms with Gasteiger partial charge in [-0.15, -0.1) is 0 Å². The predicted octanol–water partition coefficient (Wildman–Crippen LogP) is 1.32. The Kier molecular flexibility index (Phi) is 5.73. The van der Waals surface area contributed by atoms with Gasteiger partial charge in [0.05, 0.1) is 12.5 Å². The lowest BCUT2D eigenvalue weighted by molar-refractivity contribution is -0.150. The maximum absolute atomic E-state index is 12.3. The minimum Gasteiger partial charge on any atom is -0.464 e. The minimum absolute atomic E-state index is 0.104. The van der Waals surface area contributed by atoms with Crippen molar-refractivity contribution >= 4 is 12.0 Å². The molecule has 3 rings (SSSR count). The molecule has 7 heteroatoms. The number of carbonyl (C=O) groups excluding carboxylic acids is 2. The largest absolute Gasteiger partial charge is 0.464 e. The van der Waals surface area contributed by atoms with Gasteiger partial charge >= 0.3 is 12.0 Å². The summed E-state index contributed by atoms with van der Waals surface area (Å²) < 4.78 is 6.84. The molecule has 136 valence electrons. The first kappa shape index (κ1) is 17.5. The first-order chi connectivity index (χ1) is 12.1. The Morgan fingerprint density at radius 3 is 2.40 bits per heavy atom. The standard InChI is InChI=1S/C18H25N3O4/c22-16-5-1-2-8-19(16)13-14-25-17(23)15-6-11-21(12-7-15)18(24)20-9-3-4-10-20/h1-2,5,8,15H,3-4,6-7,9-14H2. The summed E-state index contributed by atoms with van der Waals surface area (Å²) in [7, 11) is 0. The molecule has 0 radical (unpaired) electrons. The van der Waals surface area contributed by atoms with Crippen LogP contribution in [0.3, 0.4) is 0 Å². The third-order valence-electron chi connectivity index (χ3n) is 4.95. The number of nitrogens with zero attached hydrogens (tertiary/aromatic N) is 3. The van der Waals surface area contributed by atoms with Gasteiger partial charge in [0, 0.05) is 38.4 Å². The average molecular weight is 347 g/mol. The minimum atomic E-state index is -0.225. The van der Waals surface area contributed by atoms with Crippen molar-refractivity contribution in [3.63, 3.8) is 0 Å². The normalized spacial score (nSPS) is 18.4. The fourth-order valence-electron chi connectivity index (χ4n) is 3.42. The number of ether oxygens (including phenoxy) is 1. The Bertz CT molecular complexity index is 658. The number of amides is 2. The molecule has 25 heavy (non-hydrogen) atoms. The summed E-state index contributed by atoms with van der Waals surface area (Å²) in [6.07, 6.45) is 5.13. The van der Waals surface area contributed by atoms with Crippen LogP contribution in [-0.4, -0.2) is 59.2 Å². The van der Waals surface area contributed by atoms with Crippen molar-refractivity contribution in [1.29, 1.82) is 0 Å². The zero-order chi connectivity index (χ0) is 17.6. The molecular weight excluding hydrogens is 322 g/mol. The smallest absolute Gasteiger partial charge is 0.319 e. The molecule has 0 aliphatic carbocycles. The lowest BCUT2D eigenvalue weighted by Gasteiger charge is -2.33. The highest BCUT2D eigenvalue weighted by Gasteiger charge is 2.31. The van der Waals surface area contributed by atoms with E-state index < -0.39 is 0 Å². The van der Waals surface area contributed by atoms with Crippen molar-refractivity contribution in [2.45, 2.75) is 32.2 Å². The highest BCUT2D eigenvalue weighted by molar-refractivity contribution is 5.76. The zero-order valence-electron chi connectivity index (χ0n) is 14.4. The molecule has 2 aliphatic rings. The lowest BCUT2D eigenvalue weighted by Crippen LogP contribution is -2.46. The summed E-state index contributed by atoms with van der Waals surface area (Å²) in [4.78, 5) is 39.9. The van der Waals surface area contributed by atoms with Gasteiger partial charge in [-0.3, -0.25) is 9.59 Å². The molecule has 0 unspecified atom stereocenters. The summed E-state index contributed by atoms with van der Waals surface area (Å²) in [6, 6.07) is 5.04. The molecule has 2 saturated heterocycles. The van der Waals surface area contributed by atoms with Crippen LogP contribution in [0.1, 0.15) is 25.7 Å². The fraction of sp³-hybridized carbons (Fsp3) is 0.611. The van der Waals surface area contributed by atoms with Crippen LogP contribution in [0.5, 0.6) is 0 Å². The Morgan fingerprint density at radius 2 is 1.72 bits per heavy atom. The lowest BCUT2D eigenvalue weighted by atomic mass is 9.97. The maximum Gasteiger partial charge on any atom is 0.319 e. The van der Waals surface area contributed by atoms with Crippen LogP contribution < -0.4 is 5.56 Å². The van der Waals surface area contributed by atoms with E-state index in [4.69, 9.17) is 4.74 Å². The third-order valence-corrected chi connectivity index (χ3v) is 4.95. The number of aromatic nitrogens is 1. The quantitative estimate of drug-likeness (QED) is 0.770. The van der Waals surface area contributed by atoms with Crippen LogP contribution in [0.25, 0.3) is 0 Å².